The maximum atomic E-state index is 2.46. The number of hydrogen-bond acceptors (Lipinski definition) is 0. The van der Waals surface area contributed by atoms with Gasteiger partial charge in [0.25, 0.3) is 0 Å². The molecule has 107 heavy (non-hydrogen) atoms. The summed E-state index contributed by atoms with van der Waals surface area (Å²) in [4.78, 5) is 0. The Balaban J connectivity index is 0.000000213. The molecule has 15 rings (SSSR count). The van der Waals surface area contributed by atoms with Gasteiger partial charge in [0, 0.05) is 0 Å². The van der Waals surface area contributed by atoms with E-state index in [-0.39, 0.29) is 0 Å². The van der Waals surface area contributed by atoms with Gasteiger partial charge in [-0.05, 0) is 355 Å². The maximum Gasteiger partial charge on any atom is -0.0288 e. The highest BCUT2D eigenvalue weighted by Crippen LogP contribution is 2.64. The Hall–Kier alpha value is 0. The molecular formula is C107H206. The minimum Gasteiger partial charge on any atom is -0.0651 e. The highest BCUT2D eigenvalue weighted by Gasteiger charge is 2.54. The van der Waals surface area contributed by atoms with Crippen LogP contribution in [-0.4, -0.2) is 0 Å². The lowest BCUT2D eigenvalue weighted by atomic mass is 9.56. The van der Waals surface area contributed by atoms with Crippen LogP contribution in [0.3, 0.4) is 0 Å². The molecule has 0 radical (unpaired) electrons. The smallest absolute Gasteiger partial charge is 0.0288 e. The summed E-state index contributed by atoms with van der Waals surface area (Å²) in [5, 5.41) is 0. The van der Waals surface area contributed by atoms with Gasteiger partial charge < -0.3 is 0 Å². The first-order valence-electron chi connectivity index (χ1n) is 48.4. The lowest BCUT2D eigenvalue weighted by Gasteiger charge is -2.49. The summed E-state index contributed by atoms with van der Waals surface area (Å²) in [6.45, 7) is 96.6. The third-order valence-electron chi connectivity index (χ3n) is 37.0. The SMILES string of the molecule is CC(C)C1C(C)(C)CCC1(C)C.CC1(C)CC(C)(C)CC(C)(C)C1.CC1C2CCC(C2)[C@H]1C.CCC1(C)CC(C)(C)C(C)(C)C1.CCC1C(C)(C)CCC1(C)C.CCC1CC(C)(C)C(C)(C)C1.CCC1CC(C)(C)CC(C)(C)C1.CCC1CC2CCC1C2.C[C@@H]1C2CCC(C2)C1(C)C.C[C@H]1CC2CCC1CC2. The van der Waals surface area contributed by atoms with Crippen molar-refractivity contribution in [3.05, 3.63) is 0 Å². The quantitative estimate of drug-likeness (QED) is 0.249. The van der Waals surface area contributed by atoms with Crippen molar-refractivity contribution in [2.45, 2.75) is 495 Å². The second-order valence-electron chi connectivity index (χ2n) is 53.4. The summed E-state index contributed by atoms with van der Waals surface area (Å²) >= 11 is 0. The van der Waals surface area contributed by atoms with Gasteiger partial charge in [-0.3, -0.25) is 0 Å². The van der Waals surface area contributed by atoms with Crippen molar-refractivity contribution in [2.24, 2.45) is 188 Å². The molecule has 0 heterocycles. The predicted molar refractivity (Wildman–Crippen MR) is 483 cm³/mol. The standard InChI is InChI=1S/4C12H24.2C11H22.C10H18.3C9H16/c1-10(2)7-11(3,4)9-12(5,6)8-10;1-9(2)10-11(3,4)7-8-12(10,5)6;1-7-12(6)8-10(2,3)11(4,5)9-12;1-6-10-7-11(2,3)9-12(4,5)8-10;1-6-9-7-10(2,3)11(4,5)8-9;1-6-9-10(2,3)7-8-11(9,4)5;1-7-8-4-5-9(6-8)10(7,2)3;1-6-7(2)9-4-3-8(6)5-9;1-7-6-8-2-4-9(7)5-3-8;1-2-8-5-7-3-4-9(8)6-7/h7-9H2,1-6H3;9-10H,7-8H2,1-6H3;7-9H2,1-6H3;10H,6-9H2,1-5H3;2*9H,6-8H2,1-5H3;7-9H,4-6H2,1-3H3;6-9H,3-5H2,1-2H3;2*7-9H,2-6H2,1H3/t;;;;;;7-,8?,9?;6-,7?,8?,9?;7-,8?,9?;/m......100./s1. The summed E-state index contributed by atoms with van der Waals surface area (Å²) in [5.41, 5.74) is 8.59. The fourth-order valence-electron chi connectivity index (χ4n) is 31.3. The molecule has 15 aliphatic rings. The van der Waals surface area contributed by atoms with Gasteiger partial charge in [-0.15, -0.1) is 0 Å². The van der Waals surface area contributed by atoms with Crippen LogP contribution in [0.4, 0.5) is 0 Å². The van der Waals surface area contributed by atoms with Crippen LogP contribution in [0.2, 0.25) is 0 Å². The molecule has 11 atom stereocenters. The lowest BCUT2D eigenvalue weighted by Crippen LogP contribution is -2.38. The van der Waals surface area contributed by atoms with Crippen molar-refractivity contribution >= 4 is 0 Å². The Morgan fingerprint density at radius 3 is 0.907 bits per heavy atom. The molecule has 634 valence electrons. The van der Waals surface area contributed by atoms with E-state index in [9.17, 15) is 0 Å². The fourth-order valence-corrected chi connectivity index (χ4v) is 31.3. The Bertz CT molecular complexity index is 2440. The minimum absolute atomic E-state index is 0.526. The van der Waals surface area contributed by atoms with Gasteiger partial charge in [0.15, 0.2) is 0 Å². The van der Waals surface area contributed by atoms with Gasteiger partial charge in [0.2, 0.25) is 0 Å². The van der Waals surface area contributed by atoms with Crippen LogP contribution in [0.5, 0.6) is 0 Å². The Kier molecular flexibility index (Phi) is 33.6. The molecule has 0 nitrogen and oxygen atoms in total. The summed E-state index contributed by atoms with van der Waals surface area (Å²) in [6.07, 6.45) is 49.8. The zero-order valence-electron chi connectivity index (χ0n) is 81.9. The van der Waals surface area contributed by atoms with E-state index in [0.717, 1.165) is 107 Å². The highest BCUT2D eigenvalue weighted by molar-refractivity contribution is 5.04. The van der Waals surface area contributed by atoms with Crippen LogP contribution in [-0.2, 0) is 0 Å². The summed E-state index contributed by atoms with van der Waals surface area (Å²) in [6, 6.07) is 0. The molecule has 0 spiro atoms. The average Bonchev–Trinajstić information content (AvgIpc) is 1.67. The van der Waals surface area contributed by atoms with Crippen molar-refractivity contribution in [1.29, 1.82) is 0 Å². The zero-order chi connectivity index (χ0) is 81.9. The fraction of sp³-hybridized carbons (Fsp3) is 1.00. The molecule has 15 aliphatic carbocycles. The van der Waals surface area contributed by atoms with Crippen LogP contribution in [0, 0.1) is 188 Å². The number of hydrogen-bond donors (Lipinski definition) is 0. The lowest BCUT2D eigenvalue weighted by molar-refractivity contribution is 0.0203. The topological polar surface area (TPSA) is 0 Å². The zero-order valence-corrected chi connectivity index (χ0v) is 81.9. The number of fused-ring (bicyclic) bond motifs is 9. The van der Waals surface area contributed by atoms with E-state index < -0.39 is 0 Å². The normalized spacial score (nSPS) is 37.0. The van der Waals surface area contributed by atoms with Crippen LogP contribution in [0.15, 0.2) is 0 Å². The van der Waals surface area contributed by atoms with E-state index in [1.807, 2.05) is 0 Å². The minimum atomic E-state index is 0.526. The van der Waals surface area contributed by atoms with Gasteiger partial charge in [-0.1, -0.05) is 328 Å². The second-order valence-corrected chi connectivity index (χ2v) is 53.4. The van der Waals surface area contributed by atoms with Crippen molar-refractivity contribution < 1.29 is 0 Å². The first-order chi connectivity index (χ1) is 48.4. The van der Waals surface area contributed by atoms with Crippen LogP contribution in [0.25, 0.3) is 0 Å². The van der Waals surface area contributed by atoms with E-state index in [4.69, 9.17) is 0 Å². The molecule has 0 amide bonds. The largest absolute Gasteiger partial charge is 0.0651 e. The van der Waals surface area contributed by atoms with E-state index in [1.165, 1.54) is 154 Å². The van der Waals surface area contributed by atoms with Crippen molar-refractivity contribution in [3.8, 4) is 0 Å². The van der Waals surface area contributed by atoms with E-state index >= 15 is 0 Å². The van der Waals surface area contributed by atoms with E-state index in [0.29, 0.717) is 81.2 Å². The number of rotatable bonds is 6. The predicted octanol–water partition coefficient (Wildman–Crippen LogP) is 36.0. The molecular weight excluding hydrogens is 1290 g/mol. The molecule has 0 heteroatoms. The molecule has 15 fully saturated rings. The Morgan fingerprint density at radius 2 is 0.682 bits per heavy atom. The first-order valence-corrected chi connectivity index (χ1v) is 48.4. The molecule has 0 aliphatic heterocycles. The monoisotopic (exact) mass is 1490 g/mol. The molecule has 0 aromatic rings. The third kappa shape index (κ3) is 26.5. The second kappa shape index (κ2) is 36.9. The molecule has 8 bridgehead atoms. The first kappa shape index (κ1) is 97.6. The maximum absolute atomic E-state index is 2.46. The van der Waals surface area contributed by atoms with Gasteiger partial charge in [-0.2, -0.15) is 0 Å². The van der Waals surface area contributed by atoms with Gasteiger partial charge in [-0.25, -0.2) is 0 Å². The average molecular weight is 1490 g/mol. The molecule has 15 saturated carbocycles. The van der Waals surface area contributed by atoms with Gasteiger partial charge >= 0.3 is 0 Å². The van der Waals surface area contributed by atoms with Gasteiger partial charge in [0.05, 0.1) is 0 Å². The molecule has 0 N–H and O–H groups in total. The highest BCUT2D eigenvalue weighted by atomic mass is 14.6. The van der Waals surface area contributed by atoms with Crippen LogP contribution < -0.4 is 0 Å². The summed E-state index contributed by atoms with van der Waals surface area (Å²) < 4.78 is 0. The van der Waals surface area contributed by atoms with E-state index in [1.54, 1.807) is 64.2 Å². The van der Waals surface area contributed by atoms with Crippen molar-refractivity contribution in [1.82, 2.24) is 0 Å². The summed E-state index contributed by atoms with van der Waals surface area (Å²) in [5.74, 6) is 18.8. The van der Waals surface area contributed by atoms with Gasteiger partial charge in [0.1, 0.15) is 0 Å². The Labute approximate surface area is 678 Å². The summed E-state index contributed by atoms with van der Waals surface area (Å²) in [7, 11) is 0. The Morgan fingerprint density at radius 1 is 0.308 bits per heavy atom. The van der Waals surface area contributed by atoms with Crippen molar-refractivity contribution in [2.75, 3.05) is 0 Å². The molecule has 0 aromatic carbocycles. The molecule has 0 aromatic heterocycles. The van der Waals surface area contributed by atoms with E-state index in [2.05, 4.69) is 277 Å². The third-order valence-corrected chi connectivity index (χ3v) is 37.0. The van der Waals surface area contributed by atoms with Crippen molar-refractivity contribution in [3.63, 3.8) is 0 Å². The molecule has 8 unspecified atom stereocenters. The van der Waals surface area contributed by atoms with Crippen LogP contribution in [0.1, 0.15) is 495 Å². The molecule has 0 saturated heterocycles. The van der Waals surface area contributed by atoms with Crippen LogP contribution >= 0.6 is 0 Å².